The summed E-state index contributed by atoms with van der Waals surface area (Å²) in [4.78, 5) is 37.5. The third-order valence-electron chi connectivity index (χ3n) is 2.05. The van der Waals surface area contributed by atoms with E-state index in [1.54, 1.807) is 0 Å². The molecule has 0 fully saturated rings. The monoisotopic (exact) mass is 261 g/mol. The van der Waals surface area contributed by atoms with E-state index in [-0.39, 0.29) is 5.06 Å². The van der Waals surface area contributed by atoms with Crippen LogP contribution < -0.4 is 0 Å². The highest BCUT2D eigenvalue weighted by molar-refractivity contribution is 6.61. The summed E-state index contributed by atoms with van der Waals surface area (Å²) in [5.41, 5.74) is -2.21. The molecule has 1 aromatic rings. The van der Waals surface area contributed by atoms with Crippen LogP contribution in [-0.2, 0) is 4.84 Å². The van der Waals surface area contributed by atoms with Crippen LogP contribution in [0.4, 0.5) is 13.6 Å². The number of halogens is 3. The topological polar surface area (TPSA) is 63.7 Å². The fourth-order valence-corrected chi connectivity index (χ4v) is 1.44. The molecule has 0 N–H and O–H groups in total. The van der Waals surface area contributed by atoms with Gasteiger partial charge in [-0.3, -0.25) is 9.59 Å². The van der Waals surface area contributed by atoms with Gasteiger partial charge in [-0.1, -0.05) is 5.06 Å². The van der Waals surface area contributed by atoms with Crippen LogP contribution in [0.2, 0.25) is 0 Å². The smallest absolute Gasteiger partial charge is 0.314 e. The maximum absolute atomic E-state index is 12.9. The Balaban J connectivity index is 2.49. The van der Waals surface area contributed by atoms with Crippen LogP contribution in [-0.4, -0.2) is 22.3 Å². The molecule has 0 spiro atoms. The van der Waals surface area contributed by atoms with Crippen LogP contribution in [0.15, 0.2) is 12.1 Å². The van der Waals surface area contributed by atoms with Crippen LogP contribution in [0.3, 0.4) is 0 Å². The lowest BCUT2D eigenvalue weighted by Gasteiger charge is -2.08. The lowest BCUT2D eigenvalue weighted by Crippen LogP contribution is -2.30. The molecule has 0 atom stereocenters. The minimum absolute atomic E-state index is 0.0406. The van der Waals surface area contributed by atoms with Gasteiger partial charge in [0, 0.05) is 11.6 Å². The molecule has 5 nitrogen and oxygen atoms in total. The number of hydroxylamine groups is 2. The van der Waals surface area contributed by atoms with Gasteiger partial charge in [-0.05, 0) is 12.1 Å². The summed E-state index contributed by atoms with van der Waals surface area (Å²) in [6.07, 6.45) is 0. The molecule has 0 unspecified atom stereocenters. The van der Waals surface area contributed by atoms with Gasteiger partial charge >= 0.3 is 5.43 Å². The molecule has 1 heterocycles. The Morgan fingerprint density at radius 1 is 1.12 bits per heavy atom. The van der Waals surface area contributed by atoms with E-state index in [1.165, 1.54) is 0 Å². The molecule has 0 radical (unpaired) electrons. The number of carbonyl (C=O) groups is 3. The summed E-state index contributed by atoms with van der Waals surface area (Å²) in [6.45, 7) is 0. The number of hydrogen-bond acceptors (Lipinski definition) is 4. The number of nitrogens with zero attached hydrogens (tertiary/aromatic N) is 1. The van der Waals surface area contributed by atoms with Gasteiger partial charge in [0.15, 0.2) is 11.6 Å². The molecule has 1 aliphatic heterocycles. The zero-order chi connectivity index (χ0) is 12.7. The molecule has 1 aromatic carbocycles. The molecule has 0 saturated carbocycles. The molecule has 1 aliphatic rings. The van der Waals surface area contributed by atoms with Crippen molar-refractivity contribution in [1.82, 2.24) is 5.06 Å². The fraction of sp³-hybridized carbons (Fsp3) is 0. The average molecular weight is 262 g/mol. The Bertz CT molecular complexity index is 519. The van der Waals surface area contributed by atoms with Crippen LogP contribution in [0, 0.1) is 11.6 Å². The van der Waals surface area contributed by atoms with Gasteiger partial charge in [-0.25, -0.2) is 13.6 Å². The van der Waals surface area contributed by atoms with Gasteiger partial charge in [0.05, 0.1) is 11.1 Å². The number of rotatable bonds is 1. The van der Waals surface area contributed by atoms with E-state index in [4.69, 9.17) is 11.6 Å². The molecule has 0 aliphatic carbocycles. The lowest BCUT2D eigenvalue weighted by atomic mass is 10.1. The summed E-state index contributed by atoms with van der Waals surface area (Å²) < 4.78 is 25.7. The van der Waals surface area contributed by atoms with Gasteiger partial charge in [0.1, 0.15) is 0 Å². The van der Waals surface area contributed by atoms with E-state index in [9.17, 15) is 23.2 Å². The standard InChI is InChI=1S/C9H2ClF2NO4/c10-9(16)17-13-7(14)3-1-5(11)6(12)2-4(3)8(13)15/h1-2H. The summed E-state index contributed by atoms with van der Waals surface area (Å²) in [5.74, 6) is -4.75. The number of carbonyl (C=O) groups excluding carboxylic acids is 3. The molecule has 17 heavy (non-hydrogen) atoms. The normalized spacial score (nSPS) is 13.9. The van der Waals surface area contributed by atoms with E-state index in [1.807, 2.05) is 0 Å². The Morgan fingerprint density at radius 3 is 1.88 bits per heavy atom. The first-order valence-electron chi connectivity index (χ1n) is 4.17. The van der Waals surface area contributed by atoms with Crippen molar-refractivity contribution in [2.45, 2.75) is 0 Å². The van der Waals surface area contributed by atoms with Crippen LogP contribution in [0.25, 0.3) is 0 Å². The second-order valence-corrected chi connectivity index (χ2v) is 3.35. The highest BCUT2D eigenvalue weighted by atomic mass is 35.5. The summed E-state index contributed by atoms with van der Waals surface area (Å²) in [7, 11) is 0. The van der Waals surface area contributed by atoms with E-state index < -0.39 is 40.0 Å². The molecule has 0 saturated heterocycles. The number of benzene rings is 1. The minimum atomic E-state index is -1.42. The Kier molecular flexibility index (Phi) is 2.55. The van der Waals surface area contributed by atoms with Gasteiger partial charge in [-0.2, -0.15) is 0 Å². The first-order chi connectivity index (χ1) is 7.91. The summed E-state index contributed by atoms with van der Waals surface area (Å²) >= 11 is 4.84. The van der Waals surface area contributed by atoms with Gasteiger partial charge in [-0.15, -0.1) is 0 Å². The zero-order valence-electron chi connectivity index (χ0n) is 7.87. The largest absolute Gasteiger partial charge is 0.428 e. The van der Waals surface area contributed by atoms with Crippen molar-refractivity contribution in [2.24, 2.45) is 0 Å². The van der Waals surface area contributed by atoms with Crippen LogP contribution >= 0.6 is 11.6 Å². The van der Waals surface area contributed by atoms with Crippen molar-refractivity contribution in [3.63, 3.8) is 0 Å². The number of imide groups is 1. The first kappa shape index (κ1) is 11.5. The van der Waals surface area contributed by atoms with Crippen molar-refractivity contribution < 1.29 is 28.0 Å². The molecule has 0 aromatic heterocycles. The van der Waals surface area contributed by atoms with Crippen molar-refractivity contribution in [2.75, 3.05) is 0 Å². The highest BCUT2D eigenvalue weighted by Gasteiger charge is 2.39. The van der Waals surface area contributed by atoms with Crippen LogP contribution in [0.5, 0.6) is 0 Å². The van der Waals surface area contributed by atoms with Crippen molar-refractivity contribution in [3.8, 4) is 0 Å². The van der Waals surface area contributed by atoms with E-state index in [2.05, 4.69) is 4.84 Å². The molecule has 0 bridgehead atoms. The maximum Gasteiger partial charge on any atom is 0.428 e. The van der Waals surface area contributed by atoms with Gasteiger partial charge < -0.3 is 4.84 Å². The average Bonchev–Trinajstić information content (AvgIpc) is 2.45. The fourth-order valence-electron chi connectivity index (χ4n) is 1.37. The second kappa shape index (κ2) is 3.77. The van der Waals surface area contributed by atoms with Crippen LogP contribution in [0.1, 0.15) is 20.7 Å². The Hall–Kier alpha value is -2.02. The zero-order valence-corrected chi connectivity index (χ0v) is 8.62. The van der Waals surface area contributed by atoms with Gasteiger partial charge in [0.2, 0.25) is 0 Å². The minimum Gasteiger partial charge on any atom is -0.314 e. The lowest BCUT2D eigenvalue weighted by molar-refractivity contribution is -0.0355. The van der Waals surface area contributed by atoms with Crippen molar-refractivity contribution >= 4 is 28.8 Å². The summed E-state index contributed by atoms with van der Waals surface area (Å²) in [5, 5.41) is 0.0406. The van der Waals surface area contributed by atoms with Crippen molar-refractivity contribution in [1.29, 1.82) is 0 Å². The quantitative estimate of drug-likeness (QED) is 0.572. The number of fused-ring (bicyclic) bond motifs is 1. The molecule has 2 amide bonds. The van der Waals surface area contributed by atoms with E-state index in [0.29, 0.717) is 12.1 Å². The Labute approximate surface area is 97.5 Å². The molecule has 88 valence electrons. The van der Waals surface area contributed by atoms with Crippen molar-refractivity contribution in [3.05, 3.63) is 34.9 Å². The third-order valence-corrected chi connectivity index (χ3v) is 2.12. The first-order valence-corrected chi connectivity index (χ1v) is 4.55. The molecule has 8 heteroatoms. The Morgan fingerprint density at radius 2 is 1.53 bits per heavy atom. The second-order valence-electron chi connectivity index (χ2n) is 3.05. The summed E-state index contributed by atoms with van der Waals surface area (Å²) in [6, 6.07) is 1.10. The predicted octanol–water partition coefficient (Wildman–Crippen LogP) is 1.85. The van der Waals surface area contributed by atoms with E-state index >= 15 is 0 Å². The highest BCUT2D eigenvalue weighted by Crippen LogP contribution is 2.25. The molecular weight excluding hydrogens is 260 g/mol. The number of amides is 2. The third kappa shape index (κ3) is 1.74. The van der Waals surface area contributed by atoms with E-state index in [0.717, 1.165) is 0 Å². The SMILES string of the molecule is O=C(Cl)ON1C(=O)c2cc(F)c(F)cc2C1=O. The number of hydrogen-bond donors (Lipinski definition) is 0. The maximum atomic E-state index is 12.9. The van der Waals surface area contributed by atoms with Gasteiger partial charge in [0.25, 0.3) is 11.8 Å². The molecule has 2 rings (SSSR count). The predicted molar refractivity (Wildman–Crippen MR) is 49.2 cm³/mol. The molecular formula is C9H2ClF2NO4.